The van der Waals surface area contributed by atoms with Crippen LogP contribution in [0.1, 0.15) is 25.6 Å². The van der Waals surface area contributed by atoms with Crippen molar-refractivity contribution in [3.05, 3.63) is 42.0 Å². The van der Waals surface area contributed by atoms with E-state index in [9.17, 15) is 4.39 Å². The summed E-state index contributed by atoms with van der Waals surface area (Å²) >= 11 is 1.38. The Morgan fingerprint density at radius 3 is 2.68 bits per heavy atom. The van der Waals surface area contributed by atoms with Gasteiger partial charge in [0, 0.05) is 16.9 Å². The minimum atomic E-state index is -0.264. The van der Waals surface area contributed by atoms with Crippen molar-refractivity contribution < 1.29 is 4.39 Å². The van der Waals surface area contributed by atoms with E-state index >= 15 is 0 Å². The molecule has 0 aliphatic carbocycles. The van der Waals surface area contributed by atoms with Crippen molar-refractivity contribution >= 4 is 17.6 Å². The average Bonchev–Trinajstić information content (AvgIpc) is 2.38. The predicted molar refractivity (Wildman–Crippen MR) is 74.5 cm³/mol. The molecule has 1 aromatic heterocycles. The molecule has 0 aliphatic rings. The minimum absolute atomic E-state index is 0.195. The van der Waals surface area contributed by atoms with Gasteiger partial charge in [-0.15, -0.1) is 0 Å². The van der Waals surface area contributed by atoms with Gasteiger partial charge in [-0.2, -0.15) is 0 Å². The van der Waals surface area contributed by atoms with Gasteiger partial charge in [0.25, 0.3) is 0 Å². The van der Waals surface area contributed by atoms with Crippen LogP contribution in [0.5, 0.6) is 0 Å². The summed E-state index contributed by atoms with van der Waals surface area (Å²) in [5.41, 5.74) is 2.52. The Morgan fingerprint density at radius 1 is 1.26 bits per heavy atom. The number of anilines is 1. The summed E-state index contributed by atoms with van der Waals surface area (Å²) in [6.07, 6.45) is 0. The first-order chi connectivity index (χ1) is 9.08. The second kappa shape index (κ2) is 5.99. The molecule has 0 saturated carbocycles. The zero-order valence-electron chi connectivity index (χ0n) is 10.7. The molecule has 0 radical (unpaired) electrons. The largest absolute Gasteiger partial charge is 0.308 e. The molecule has 3 N–H and O–H groups in total. The van der Waals surface area contributed by atoms with E-state index in [2.05, 4.69) is 15.4 Å². The Bertz CT molecular complexity index is 574. The fraction of sp³-hybridized carbons (Fsp3) is 0.231. The number of hydrazine groups is 1. The van der Waals surface area contributed by atoms with Crippen molar-refractivity contribution in [1.82, 2.24) is 9.97 Å². The lowest BCUT2D eigenvalue weighted by molar-refractivity contribution is 0.624. The highest BCUT2D eigenvalue weighted by atomic mass is 32.2. The van der Waals surface area contributed by atoms with E-state index in [0.717, 1.165) is 9.92 Å². The fourth-order valence-electron chi connectivity index (χ4n) is 1.48. The molecule has 0 bridgehead atoms. The van der Waals surface area contributed by atoms with E-state index in [4.69, 9.17) is 5.84 Å². The van der Waals surface area contributed by atoms with Crippen LogP contribution < -0.4 is 11.3 Å². The molecule has 1 aromatic carbocycles. The van der Waals surface area contributed by atoms with Gasteiger partial charge in [-0.25, -0.2) is 20.2 Å². The Kier molecular flexibility index (Phi) is 4.34. The molecule has 100 valence electrons. The number of hydrogen-bond acceptors (Lipinski definition) is 5. The highest BCUT2D eigenvalue weighted by Gasteiger charge is 2.09. The molecular weight excluding hydrogens is 263 g/mol. The zero-order chi connectivity index (χ0) is 13.8. The van der Waals surface area contributed by atoms with Crippen molar-refractivity contribution in [3.8, 4) is 0 Å². The number of nitrogen functional groups attached to an aromatic ring is 1. The summed E-state index contributed by atoms with van der Waals surface area (Å²) < 4.78 is 13.1. The number of benzene rings is 1. The molecule has 4 nitrogen and oxygen atoms in total. The highest BCUT2D eigenvalue weighted by Crippen LogP contribution is 2.28. The number of nitrogens with two attached hydrogens (primary N) is 1. The lowest BCUT2D eigenvalue weighted by atomic mass is 10.2. The number of rotatable bonds is 4. The van der Waals surface area contributed by atoms with E-state index in [0.29, 0.717) is 11.6 Å². The maximum Gasteiger partial charge on any atom is 0.144 e. The van der Waals surface area contributed by atoms with Gasteiger partial charge in [0.05, 0.1) is 0 Å². The average molecular weight is 278 g/mol. The van der Waals surface area contributed by atoms with Gasteiger partial charge in [-0.1, -0.05) is 31.7 Å². The number of aromatic nitrogens is 2. The molecule has 2 aromatic rings. The van der Waals surface area contributed by atoms with E-state index in [1.54, 1.807) is 12.1 Å². The third-order valence-corrected chi connectivity index (χ3v) is 3.31. The number of hydrogen-bond donors (Lipinski definition) is 2. The monoisotopic (exact) mass is 278 g/mol. The fourth-order valence-corrected chi connectivity index (χ4v) is 2.35. The standard InChI is InChI=1S/C13H15FN4S/c1-8(2)13-16-11(18-15)7-12(17-13)19-10-5-3-4-9(14)6-10/h3-8H,15H2,1-2H3,(H,16,17,18). The quantitative estimate of drug-likeness (QED) is 0.511. The third-order valence-electron chi connectivity index (χ3n) is 2.40. The molecule has 2 rings (SSSR count). The normalized spacial score (nSPS) is 10.8. The minimum Gasteiger partial charge on any atom is -0.308 e. The van der Waals surface area contributed by atoms with Crippen LogP contribution in [0.3, 0.4) is 0 Å². The van der Waals surface area contributed by atoms with Gasteiger partial charge in [0.15, 0.2) is 0 Å². The van der Waals surface area contributed by atoms with Gasteiger partial charge in [-0.3, -0.25) is 0 Å². The van der Waals surface area contributed by atoms with Crippen LogP contribution in [0.15, 0.2) is 40.3 Å². The van der Waals surface area contributed by atoms with Crippen molar-refractivity contribution in [1.29, 1.82) is 0 Å². The van der Waals surface area contributed by atoms with Crippen LogP contribution in [0.4, 0.5) is 10.2 Å². The first-order valence-corrected chi connectivity index (χ1v) is 6.69. The van der Waals surface area contributed by atoms with Crippen LogP contribution in [0.25, 0.3) is 0 Å². The molecule has 0 saturated heterocycles. The van der Waals surface area contributed by atoms with Crippen molar-refractivity contribution in [3.63, 3.8) is 0 Å². The summed E-state index contributed by atoms with van der Waals surface area (Å²) in [4.78, 5) is 9.50. The molecule has 6 heteroatoms. The van der Waals surface area contributed by atoms with Crippen molar-refractivity contribution in [2.75, 3.05) is 5.43 Å². The Morgan fingerprint density at radius 2 is 2.05 bits per heavy atom. The second-order valence-corrected chi connectivity index (χ2v) is 5.40. The van der Waals surface area contributed by atoms with E-state index in [1.807, 2.05) is 19.9 Å². The van der Waals surface area contributed by atoms with Gasteiger partial charge >= 0.3 is 0 Å². The van der Waals surface area contributed by atoms with Crippen LogP contribution in [-0.4, -0.2) is 9.97 Å². The lowest BCUT2D eigenvalue weighted by Crippen LogP contribution is -2.11. The van der Waals surface area contributed by atoms with Crippen molar-refractivity contribution in [2.45, 2.75) is 29.7 Å². The highest BCUT2D eigenvalue weighted by molar-refractivity contribution is 7.99. The number of halogens is 1. The third kappa shape index (κ3) is 3.65. The van der Waals surface area contributed by atoms with Gasteiger partial charge in [0.2, 0.25) is 0 Å². The first kappa shape index (κ1) is 13.8. The summed E-state index contributed by atoms with van der Waals surface area (Å²) in [5, 5.41) is 0.734. The van der Waals surface area contributed by atoms with E-state index in [-0.39, 0.29) is 11.7 Å². The molecule has 0 aliphatic heterocycles. The zero-order valence-corrected chi connectivity index (χ0v) is 11.5. The number of nitrogens with one attached hydrogen (secondary N) is 1. The maximum atomic E-state index is 13.1. The topological polar surface area (TPSA) is 63.8 Å². The van der Waals surface area contributed by atoms with Gasteiger partial charge in [0.1, 0.15) is 22.5 Å². The van der Waals surface area contributed by atoms with Crippen LogP contribution in [0.2, 0.25) is 0 Å². The molecule has 0 amide bonds. The summed E-state index contributed by atoms with van der Waals surface area (Å²) in [6.45, 7) is 4.01. The van der Waals surface area contributed by atoms with Crippen LogP contribution >= 0.6 is 11.8 Å². The second-order valence-electron chi connectivity index (χ2n) is 4.31. The van der Waals surface area contributed by atoms with Gasteiger partial charge < -0.3 is 5.43 Å². The van der Waals surface area contributed by atoms with Crippen LogP contribution in [0, 0.1) is 5.82 Å². The summed E-state index contributed by atoms with van der Waals surface area (Å²) in [5.74, 6) is 6.58. The molecule has 0 spiro atoms. The van der Waals surface area contributed by atoms with E-state index in [1.165, 1.54) is 23.9 Å². The van der Waals surface area contributed by atoms with Crippen molar-refractivity contribution in [2.24, 2.45) is 5.84 Å². The van der Waals surface area contributed by atoms with Crippen LogP contribution in [-0.2, 0) is 0 Å². The molecule has 1 heterocycles. The smallest absolute Gasteiger partial charge is 0.144 e. The molecule has 19 heavy (non-hydrogen) atoms. The van der Waals surface area contributed by atoms with Gasteiger partial charge in [-0.05, 0) is 18.2 Å². The Balaban J connectivity index is 2.31. The van der Waals surface area contributed by atoms with E-state index < -0.39 is 0 Å². The Labute approximate surface area is 115 Å². The SMILES string of the molecule is CC(C)c1nc(NN)cc(Sc2cccc(F)c2)n1. The first-order valence-electron chi connectivity index (χ1n) is 5.87. The summed E-state index contributed by atoms with van der Waals surface area (Å²) in [7, 11) is 0. The maximum absolute atomic E-state index is 13.1. The summed E-state index contributed by atoms with van der Waals surface area (Å²) in [6, 6.07) is 8.13. The molecule has 0 atom stereocenters. The lowest BCUT2D eigenvalue weighted by Gasteiger charge is -2.09. The predicted octanol–water partition coefficient (Wildman–Crippen LogP) is 3.18. The molecule has 0 fully saturated rings. The molecule has 0 unspecified atom stereocenters. The Hall–Kier alpha value is -1.66. The molecular formula is C13H15FN4S. The number of nitrogens with zero attached hydrogens (tertiary/aromatic N) is 2.